The van der Waals surface area contributed by atoms with Crippen LogP contribution in [0.2, 0.25) is 5.15 Å². The summed E-state index contributed by atoms with van der Waals surface area (Å²) in [6.07, 6.45) is 4.79. The van der Waals surface area contributed by atoms with E-state index in [0.29, 0.717) is 16.8 Å². The van der Waals surface area contributed by atoms with Gasteiger partial charge in [0.25, 0.3) is 0 Å². The molecule has 1 aliphatic carbocycles. The fourth-order valence-corrected chi connectivity index (χ4v) is 4.74. The Morgan fingerprint density at radius 3 is 2.78 bits per heavy atom. The van der Waals surface area contributed by atoms with Crippen LogP contribution in [0.4, 0.5) is 0 Å². The lowest BCUT2D eigenvalue weighted by molar-refractivity contribution is 0.203. The molecule has 2 N–H and O–H groups in total. The summed E-state index contributed by atoms with van der Waals surface area (Å²) in [5, 5.41) is 6.47. The first-order valence-electron chi connectivity index (χ1n) is 8.94. The predicted molar refractivity (Wildman–Crippen MR) is 110 cm³/mol. The van der Waals surface area contributed by atoms with E-state index in [0.717, 1.165) is 34.8 Å². The van der Waals surface area contributed by atoms with Crippen LogP contribution in [0.5, 0.6) is 11.5 Å². The van der Waals surface area contributed by atoms with E-state index < -0.39 is 11.4 Å². The molecule has 1 aromatic carbocycles. The third-order valence-electron chi connectivity index (χ3n) is 4.18. The highest BCUT2D eigenvalue weighted by molar-refractivity contribution is 7.99. The van der Waals surface area contributed by atoms with E-state index in [1.165, 1.54) is 24.6 Å². The SMILES string of the molecule is CCOc1ccc(Sc2cc(C[S+](N)[O-])cc(Cl)n2)c(OC2CCCC2)c1. The van der Waals surface area contributed by atoms with Crippen LogP contribution in [0.25, 0.3) is 0 Å². The van der Waals surface area contributed by atoms with E-state index in [4.69, 9.17) is 26.2 Å². The fraction of sp³-hybridized carbons (Fsp3) is 0.421. The summed E-state index contributed by atoms with van der Waals surface area (Å²) in [7, 11) is 0. The van der Waals surface area contributed by atoms with E-state index in [-0.39, 0.29) is 11.9 Å². The van der Waals surface area contributed by atoms with Gasteiger partial charge in [0.05, 0.1) is 17.6 Å². The van der Waals surface area contributed by atoms with Gasteiger partial charge >= 0.3 is 0 Å². The molecule has 2 aromatic rings. The van der Waals surface area contributed by atoms with E-state index in [1.807, 2.05) is 31.2 Å². The van der Waals surface area contributed by atoms with Gasteiger partial charge in [-0.25, -0.2) is 4.98 Å². The maximum atomic E-state index is 11.3. The van der Waals surface area contributed by atoms with Crippen LogP contribution in [-0.2, 0) is 17.1 Å². The van der Waals surface area contributed by atoms with Crippen molar-refractivity contribution in [2.24, 2.45) is 5.14 Å². The number of nitrogens with two attached hydrogens (primary N) is 1. The number of benzene rings is 1. The summed E-state index contributed by atoms with van der Waals surface area (Å²) in [5.74, 6) is 1.82. The van der Waals surface area contributed by atoms with Gasteiger partial charge in [0.15, 0.2) is 5.75 Å². The van der Waals surface area contributed by atoms with E-state index >= 15 is 0 Å². The average molecular weight is 427 g/mol. The zero-order valence-electron chi connectivity index (χ0n) is 15.2. The van der Waals surface area contributed by atoms with Gasteiger partial charge in [0.1, 0.15) is 21.7 Å². The van der Waals surface area contributed by atoms with Crippen molar-refractivity contribution in [2.45, 2.75) is 54.4 Å². The molecule has 1 unspecified atom stereocenters. The topological polar surface area (TPSA) is 80.4 Å². The van der Waals surface area contributed by atoms with E-state index in [1.54, 1.807) is 6.07 Å². The van der Waals surface area contributed by atoms with Crippen molar-refractivity contribution >= 4 is 34.7 Å². The quantitative estimate of drug-likeness (QED) is 0.485. The number of nitrogens with zero attached hydrogens (tertiary/aromatic N) is 1. The Bertz CT molecular complexity index is 771. The van der Waals surface area contributed by atoms with Crippen LogP contribution < -0.4 is 14.6 Å². The summed E-state index contributed by atoms with van der Waals surface area (Å²) in [5.41, 5.74) is 0.794. The number of halogens is 1. The minimum Gasteiger partial charge on any atom is -0.598 e. The first kappa shape index (κ1) is 20.6. The molecule has 0 spiro atoms. The minimum atomic E-state index is -1.43. The molecule has 1 atom stereocenters. The molecule has 0 radical (unpaired) electrons. The van der Waals surface area contributed by atoms with E-state index in [2.05, 4.69) is 4.98 Å². The number of rotatable bonds is 8. The van der Waals surface area contributed by atoms with Gasteiger partial charge < -0.3 is 14.0 Å². The molecule has 0 bridgehead atoms. The Morgan fingerprint density at radius 1 is 1.30 bits per heavy atom. The van der Waals surface area contributed by atoms with Gasteiger partial charge in [-0.1, -0.05) is 23.4 Å². The lowest BCUT2D eigenvalue weighted by Gasteiger charge is -2.17. The van der Waals surface area contributed by atoms with Crippen molar-refractivity contribution in [3.8, 4) is 11.5 Å². The summed E-state index contributed by atoms with van der Waals surface area (Å²) >= 11 is 6.16. The zero-order chi connectivity index (χ0) is 19.2. The Morgan fingerprint density at radius 2 is 2.07 bits per heavy atom. The smallest absolute Gasteiger partial charge is 0.150 e. The zero-order valence-corrected chi connectivity index (χ0v) is 17.5. The monoisotopic (exact) mass is 426 g/mol. The minimum absolute atomic E-state index is 0.240. The van der Waals surface area contributed by atoms with Crippen LogP contribution in [0, 0.1) is 0 Å². The molecule has 8 heteroatoms. The predicted octanol–water partition coefficient (Wildman–Crippen LogP) is 4.73. The van der Waals surface area contributed by atoms with Crippen LogP contribution in [0.1, 0.15) is 38.2 Å². The second-order valence-electron chi connectivity index (χ2n) is 6.33. The lowest BCUT2D eigenvalue weighted by Crippen LogP contribution is -2.14. The summed E-state index contributed by atoms with van der Waals surface area (Å²) < 4.78 is 23.2. The maximum absolute atomic E-state index is 11.3. The summed E-state index contributed by atoms with van der Waals surface area (Å²) in [6, 6.07) is 9.38. The molecule has 3 rings (SSSR count). The lowest BCUT2D eigenvalue weighted by atomic mass is 10.3. The second kappa shape index (κ2) is 9.89. The standard InChI is InChI=1S/C19H23ClN2O3S2/c1-2-24-15-7-8-17(16(11-15)25-14-5-3-4-6-14)26-19-10-13(12-27(21)23)9-18(20)22-19/h7-11,14H,2-6,12,21H2,1H3. The van der Waals surface area contributed by atoms with Crippen molar-refractivity contribution in [1.82, 2.24) is 4.98 Å². The van der Waals surface area contributed by atoms with Crippen LogP contribution in [-0.4, -0.2) is 22.2 Å². The highest BCUT2D eigenvalue weighted by Crippen LogP contribution is 2.39. The number of hydrogen-bond donors (Lipinski definition) is 1. The normalized spacial score (nSPS) is 15.7. The molecule has 5 nitrogen and oxygen atoms in total. The van der Waals surface area contributed by atoms with Crippen molar-refractivity contribution in [3.63, 3.8) is 0 Å². The second-order valence-corrected chi connectivity index (χ2v) is 8.83. The Kier molecular flexibility index (Phi) is 7.55. The number of ether oxygens (including phenoxy) is 2. The summed E-state index contributed by atoms with van der Waals surface area (Å²) in [6.45, 7) is 2.56. The third-order valence-corrected chi connectivity index (χ3v) is 5.96. The molecule has 146 valence electrons. The van der Waals surface area contributed by atoms with Crippen molar-refractivity contribution < 1.29 is 14.0 Å². The van der Waals surface area contributed by atoms with Gasteiger partial charge in [0.2, 0.25) is 0 Å². The largest absolute Gasteiger partial charge is 0.598 e. The molecule has 1 heterocycles. The third kappa shape index (κ3) is 6.19. The first-order valence-corrected chi connectivity index (χ1v) is 11.5. The summed E-state index contributed by atoms with van der Waals surface area (Å²) in [4.78, 5) is 5.31. The highest BCUT2D eigenvalue weighted by Gasteiger charge is 2.19. The molecular weight excluding hydrogens is 404 g/mol. The van der Waals surface area contributed by atoms with Gasteiger partial charge in [0, 0.05) is 23.0 Å². The first-order chi connectivity index (χ1) is 13.0. The molecule has 0 amide bonds. The molecular formula is C19H23ClN2O3S2. The van der Waals surface area contributed by atoms with Gasteiger partial charge in [-0.15, -0.1) is 0 Å². The van der Waals surface area contributed by atoms with Crippen molar-refractivity contribution in [1.29, 1.82) is 0 Å². The number of hydrogen-bond acceptors (Lipinski definition) is 6. The Hall–Kier alpha value is -1.12. The maximum Gasteiger partial charge on any atom is 0.150 e. The van der Waals surface area contributed by atoms with Crippen molar-refractivity contribution in [2.75, 3.05) is 6.61 Å². The molecule has 27 heavy (non-hydrogen) atoms. The average Bonchev–Trinajstić information content (AvgIpc) is 3.09. The van der Waals surface area contributed by atoms with Crippen LogP contribution >= 0.6 is 23.4 Å². The van der Waals surface area contributed by atoms with Gasteiger partial charge in [-0.2, -0.15) is 5.14 Å². The fourth-order valence-electron chi connectivity index (χ4n) is 3.04. The highest BCUT2D eigenvalue weighted by atomic mass is 35.5. The van der Waals surface area contributed by atoms with E-state index in [9.17, 15) is 4.55 Å². The Labute approximate surface area is 172 Å². The number of pyridine rings is 1. The van der Waals surface area contributed by atoms with Gasteiger partial charge in [-0.05, 0) is 56.9 Å². The van der Waals surface area contributed by atoms with Crippen LogP contribution in [0.3, 0.4) is 0 Å². The molecule has 1 aromatic heterocycles. The Balaban J connectivity index is 1.85. The van der Waals surface area contributed by atoms with Gasteiger partial charge in [-0.3, -0.25) is 0 Å². The van der Waals surface area contributed by atoms with Crippen molar-refractivity contribution in [3.05, 3.63) is 41.0 Å². The van der Waals surface area contributed by atoms with Crippen LogP contribution in [0.15, 0.2) is 40.3 Å². The molecule has 0 aliphatic heterocycles. The molecule has 1 fully saturated rings. The molecule has 0 saturated heterocycles. The molecule has 1 saturated carbocycles. The number of aromatic nitrogens is 1. The molecule has 1 aliphatic rings.